The molecule has 4 N–H and O–H groups in total. The quantitative estimate of drug-likeness (QED) is 0.0354. The number of rotatable bonds is 23. The first-order valence-electron chi connectivity index (χ1n) is 31.2. The van der Waals surface area contributed by atoms with Gasteiger partial charge in [-0.05, 0) is 114 Å². The number of hydrogen-bond donors (Lipinski definition) is 4. The number of nitrogens with one attached hydrogen (secondary N) is 1. The molecule has 1 saturated carbocycles. The second-order valence-corrected chi connectivity index (χ2v) is 23.7. The number of cyclic esters (lactones) is 1. The average molecular weight is 1210 g/mol. The number of piperidine rings is 1. The van der Waals surface area contributed by atoms with Crippen molar-refractivity contribution in [1.82, 2.24) is 10.2 Å². The van der Waals surface area contributed by atoms with Gasteiger partial charge in [0.2, 0.25) is 5.79 Å². The standard InChI is InChI=1S/C64H106N2O19/c1-12-78-28-29-80-32-33-82-35-34-81-31-30-79-27-25-65-63(73)84-53-24-22-49(39-56(53)76-10)38-45(5)55-41-52(67)44(4)37-47(7)58(69)59(77-11)57(68)46(6)36-42(2)18-14-13-15-19-43(3)54(75-9)40-50-23-21-48(8)64(74,85-50)60(70)61(71)66-26-17-16-20-51(66)62(72)83-55/h13-15,18-19,37,42,44-46,48-56,58-59,67,69,74H,12,16-17,20-36,38-41H2,1-11H3,(H,65,73)/b15-13+,18-14+,43-19+,47-37+/t42-,44-,45-,46-,48-,49+,50+,51+,52-,53-,54+,55+,56-,58-,59+,64-/m1/s1. The van der Waals surface area contributed by atoms with Crippen molar-refractivity contribution in [1.29, 1.82) is 0 Å². The highest BCUT2D eigenvalue weighted by Crippen LogP contribution is 2.38. The molecule has 0 radical (unpaired) electrons. The van der Waals surface area contributed by atoms with Crippen LogP contribution in [0, 0.1) is 35.5 Å². The van der Waals surface area contributed by atoms with E-state index < -0.39 is 102 Å². The summed E-state index contributed by atoms with van der Waals surface area (Å²) in [5.74, 6) is -7.75. The highest BCUT2D eigenvalue weighted by atomic mass is 16.6. The Hall–Kier alpha value is -3.97. The van der Waals surface area contributed by atoms with E-state index in [2.05, 4.69) is 5.32 Å². The minimum Gasteiger partial charge on any atom is -0.460 e. The number of ether oxygens (including phenoxy) is 11. The number of nitrogens with zero attached hydrogens (tertiary/aromatic N) is 1. The molecule has 16 atom stereocenters. The average Bonchev–Trinajstić information content (AvgIpc) is 2.10. The van der Waals surface area contributed by atoms with E-state index in [1.54, 1.807) is 41.1 Å². The van der Waals surface area contributed by atoms with Crippen LogP contribution < -0.4 is 5.32 Å². The van der Waals surface area contributed by atoms with Crippen LogP contribution in [0.1, 0.15) is 132 Å². The molecule has 486 valence electrons. The predicted octanol–water partition coefficient (Wildman–Crippen LogP) is 6.81. The summed E-state index contributed by atoms with van der Waals surface area (Å²) in [6, 6.07) is -1.16. The normalized spacial score (nSPS) is 34.4. The molecule has 2 bridgehead atoms. The molecule has 0 aromatic carbocycles. The Morgan fingerprint density at radius 1 is 0.753 bits per heavy atom. The summed E-state index contributed by atoms with van der Waals surface area (Å²) in [4.78, 5) is 71.5. The van der Waals surface area contributed by atoms with E-state index in [1.807, 2.05) is 65.0 Å². The first-order chi connectivity index (χ1) is 40.7. The summed E-state index contributed by atoms with van der Waals surface area (Å²) < 4.78 is 63.1. The van der Waals surface area contributed by atoms with Gasteiger partial charge in [0.15, 0.2) is 5.78 Å². The van der Waals surface area contributed by atoms with Gasteiger partial charge in [0.1, 0.15) is 30.5 Å². The van der Waals surface area contributed by atoms with Gasteiger partial charge in [0, 0.05) is 71.6 Å². The Labute approximate surface area is 506 Å². The van der Waals surface area contributed by atoms with E-state index >= 15 is 0 Å². The van der Waals surface area contributed by atoms with Crippen molar-refractivity contribution in [3.05, 3.63) is 47.6 Å². The lowest BCUT2D eigenvalue weighted by molar-refractivity contribution is -0.265. The number of aliphatic hydroxyl groups is 3. The highest BCUT2D eigenvalue weighted by Gasteiger charge is 2.53. The van der Waals surface area contributed by atoms with Crippen molar-refractivity contribution in [3.8, 4) is 0 Å². The molecule has 1 aliphatic carbocycles. The van der Waals surface area contributed by atoms with E-state index in [-0.39, 0.29) is 56.1 Å². The summed E-state index contributed by atoms with van der Waals surface area (Å²) in [5.41, 5.74) is 1.29. The van der Waals surface area contributed by atoms with Crippen molar-refractivity contribution in [2.45, 2.75) is 193 Å². The van der Waals surface area contributed by atoms with E-state index in [0.717, 1.165) is 5.57 Å². The predicted molar refractivity (Wildman–Crippen MR) is 318 cm³/mol. The monoisotopic (exact) mass is 1210 g/mol. The van der Waals surface area contributed by atoms with E-state index in [9.17, 15) is 39.3 Å². The Morgan fingerprint density at radius 3 is 2.05 bits per heavy atom. The molecule has 3 aliphatic heterocycles. The Morgan fingerprint density at radius 2 is 1.41 bits per heavy atom. The fourth-order valence-electron chi connectivity index (χ4n) is 11.8. The smallest absolute Gasteiger partial charge is 0.407 e. The molecule has 85 heavy (non-hydrogen) atoms. The topological polar surface area (TPSA) is 263 Å². The second-order valence-electron chi connectivity index (χ2n) is 23.7. The van der Waals surface area contributed by atoms with Gasteiger partial charge in [-0.15, -0.1) is 0 Å². The Kier molecular flexibility index (Phi) is 33.8. The number of aliphatic hydroxyl groups excluding tert-OH is 2. The molecule has 3 fully saturated rings. The van der Waals surface area contributed by atoms with Crippen molar-refractivity contribution < 1.29 is 91.4 Å². The van der Waals surface area contributed by atoms with Gasteiger partial charge in [-0.2, -0.15) is 0 Å². The molecule has 0 aromatic rings. The number of carbonyl (C=O) groups is 5. The molecular weight excluding hydrogens is 1100 g/mol. The highest BCUT2D eigenvalue weighted by molar-refractivity contribution is 6.39. The van der Waals surface area contributed by atoms with Gasteiger partial charge in [-0.1, -0.05) is 71.1 Å². The van der Waals surface area contributed by atoms with Crippen LogP contribution in [0.3, 0.4) is 0 Å². The van der Waals surface area contributed by atoms with Crippen molar-refractivity contribution in [2.75, 3.05) is 100 Å². The lowest BCUT2D eigenvalue weighted by Crippen LogP contribution is -2.61. The maximum atomic E-state index is 14.7. The summed E-state index contributed by atoms with van der Waals surface area (Å²) in [5, 5.41) is 38.4. The van der Waals surface area contributed by atoms with Crippen LogP contribution in [0.4, 0.5) is 4.79 Å². The number of fused-ring (bicyclic) bond motifs is 3. The zero-order chi connectivity index (χ0) is 62.5. The molecule has 4 aliphatic rings. The minimum absolute atomic E-state index is 0.00592. The number of alkyl carbamates (subject to hydrolysis) is 1. The zero-order valence-electron chi connectivity index (χ0n) is 52.9. The third-order valence-corrected chi connectivity index (χ3v) is 17.1. The molecule has 2 saturated heterocycles. The van der Waals surface area contributed by atoms with Gasteiger partial charge in [-0.25, -0.2) is 9.59 Å². The van der Waals surface area contributed by atoms with Crippen LogP contribution in [0.2, 0.25) is 0 Å². The fourth-order valence-corrected chi connectivity index (χ4v) is 11.8. The third-order valence-electron chi connectivity index (χ3n) is 17.1. The number of carbonyl (C=O) groups excluding carboxylic acids is 5. The first kappa shape index (κ1) is 73.5. The van der Waals surface area contributed by atoms with Crippen LogP contribution in [-0.4, -0.2) is 211 Å². The van der Waals surface area contributed by atoms with Gasteiger partial charge in [0.05, 0.1) is 83.9 Å². The molecule has 4 rings (SSSR count). The number of ketones is 2. The molecule has 3 heterocycles. The molecule has 21 heteroatoms. The molecule has 0 spiro atoms. The summed E-state index contributed by atoms with van der Waals surface area (Å²) >= 11 is 0. The Balaban J connectivity index is 1.48. The van der Waals surface area contributed by atoms with E-state index in [1.165, 1.54) is 12.0 Å². The second kappa shape index (κ2) is 39.1. The minimum atomic E-state index is -2.45. The largest absolute Gasteiger partial charge is 0.460 e. The van der Waals surface area contributed by atoms with Crippen LogP contribution in [0.15, 0.2) is 47.6 Å². The van der Waals surface area contributed by atoms with E-state index in [0.29, 0.717) is 129 Å². The maximum Gasteiger partial charge on any atom is 0.407 e. The Bertz CT molecular complexity index is 2140. The number of amides is 2. The van der Waals surface area contributed by atoms with Gasteiger partial charge >= 0.3 is 12.1 Å². The zero-order valence-corrected chi connectivity index (χ0v) is 52.9. The lowest BCUT2D eigenvalue weighted by atomic mass is 9.78. The molecule has 21 nitrogen and oxygen atoms in total. The number of esters is 1. The molecular formula is C64H106N2O19. The van der Waals surface area contributed by atoms with Crippen LogP contribution in [0.5, 0.6) is 0 Å². The number of hydrogen-bond acceptors (Lipinski definition) is 19. The SMILES string of the molecule is CCOCCOCCOCCOCCOCCNC(=O)O[C@@H]1CC[C@@H](C[C@@H](C)[C@@H]2C[C@@H](O)[C@H](C)/C=C(\C)[C@@H](O)[C@@H](OC)C(=O)[C@H](C)C[C@H](C)/C=C/C=C/C=C(\C)[C@@H](OC)C[C@@H]3CC[C@@H](C)[C@@](O)(O3)C(=O)C(=O)N3CCCC[C@H]3C(=O)O2)C[C@H]1OC. The molecule has 2 amide bonds. The first-order valence-corrected chi connectivity index (χ1v) is 31.2. The molecule has 0 aromatic heterocycles. The van der Waals surface area contributed by atoms with Gasteiger partial charge in [0.25, 0.3) is 11.7 Å². The third kappa shape index (κ3) is 24.2. The van der Waals surface area contributed by atoms with Crippen molar-refractivity contribution in [3.63, 3.8) is 0 Å². The number of Topliss-reactive ketones (excluding diaryl/α,β-unsaturated/α-hetero) is 2. The number of allylic oxidation sites excluding steroid dienone is 5. The van der Waals surface area contributed by atoms with Crippen LogP contribution >= 0.6 is 0 Å². The maximum absolute atomic E-state index is 14.7. The van der Waals surface area contributed by atoms with Crippen molar-refractivity contribution in [2.24, 2.45) is 35.5 Å². The van der Waals surface area contributed by atoms with Gasteiger partial charge < -0.3 is 77.6 Å². The van der Waals surface area contributed by atoms with Crippen molar-refractivity contribution >= 4 is 29.5 Å². The van der Waals surface area contributed by atoms with Crippen LogP contribution in [-0.2, 0) is 71.3 Å². The summed E-state index contributed by atoms with van der Waals surface area (Å²) in [7, 11) is 4.53. The summed E-state index contributed by atoms with van der Waals surface area (Å²) in [6.45, 7) is 19.6. The summed E-state index contributed by atoms with van der Waals surface area (Å²) in [6.07, 6.45) is 9.34. The molecule has 0 unspecified atom stereocenters. The van der Waals surface area contributed by atoms with Gasteiger partial charge in [-0.3, -0.25) is 14.4 Å². The van der Waals surface area contributed by atoms with E-state index in [4.69, 9.17) is 52.1 Å². The fraction of sp³-hybridized carbons (Fsp3) is 0.797. The lowest BCUT2D eigenvalue weighted by Gasteiger charge is -2.43. The van der Waals surface area contributed by atoms with Crippen LogP contribution in [0.25, 0.3) is 0 Å². The number of methoxy groups -OCH3 is 3.